The van der Waals surface area contributed by atoms with Crippen molar-refractivity contribution in [3.05, 3.63) is 35.9 Å². The normalized spacial score (nSPS) is 16.8. The highest BCUT2D eigenvalue weighted by Gasteiger charge is 2.39. The molecule has 0 bridgehead atoms. The number of ether oxygens (including phenoxy) is 2. The molecule has 2 atom stereocenters. The van der Waals surface area contributed by atoms with Crippen LogP contribution in [0.4, 0.5) is 9.59 Å². The zero-order valence-corrected chi connectivity index (χ0v) is 29.7. The van der Waals surface area contributed by atoms with Crippen LogP contribution < -0.4 is 10.7 Å². The van der Waals surface area contributed by atoms with Gasteiger partial charge in [-0.15, -0.1) is 0 Å². The maximum Gasteiger partial charge on any atom is 0.422 e. The Bertz CT molecular complexity index is 995. The van der Waals surface area contributed by atoms with Crippen molar-refractivity contribution in [1.82, 2.24) is 15.8 Å². The lowest BCUT2D eigenvalue weighted by Gasteiger charge is -2.40. The van der Waals surface area contributed by atoms with E-state index < -0.39 is 49.7 Å². The molecular weight excluding hydrogens is 562 g/mol. The molecule has 1 aromatic rings. The molecule has 246 valence electrons. The van der Waals surface area contributed by atoms with Crippen molar-refractivity contribution >= 4 is 20.7 Å². The van der Waals surface area contributed by atoms with Gasteiger partial charge >= 0.3 is 20.7 Å². The third kappa shape index (κ3) is 16.5. The summed E-state index contributed by atoms with van der Waals surface area (Å²) < 4.78 is 24.7. The average Bonchev–Trinajstić information content (AvgIpc) is 2.80. The lowest BCUT2D eigenvalue weighted by molar-refractivity contribution is -0.00578. The van der Waals surface area contributed by atoms with E-state index in [2.05, 4.69) is 10.7 Å². The first kappa shape index (κ1) is 37.0. The molecule has 43 heavy (non-hydrogen) atoms. The van der Waals surface area contributed by atoms with Crippen LogP contribution >= 0.6 is 0 Å². The minimum Gasteiger partial charge on any atom is -0.444 e. The summed E-state index contributed by atoms with van der Waals surface area (Å²) in [6, 6.07) is 9.54. The molecule has 0 aliphatic heterocycles. The molecule has 1 aliphatic carbocycles. The van der Waals surface area contributed by atoms with Gasteiger partial charge in [-0.1, -0.05) is 49.6 Å². The van der Waals surface area contributed by atoms with Crippen molar-refractivity contribution in [2.24, 2.45) is 5.92 Å². The van der Waals surface area contributed by atoms with Gasteiger partial charge in [0.1, 0.15) is 11.2 Å². The van der Waals surface area contributed by atoms with Gasteiger partial charge < -0.3 is 23.6 Å². The number of carbonyl (C=O) groups is 2. The molecule has 2 amide bonds. The van der Waals surface area contributed by atoms with E-state index in [0.29, 0.717) is 25.4 Å². The Hall–Kier alpha value is -2.14. The van der Waals surface area contributed by atoms with Crippen LogP contribution in [0.3, 0.4) is 0 Å². The van der Waals surface area contributed by atoms with Crippen molar-refractivity contribution in [3.63, 3.8) is 0 Å². The summed E-state index contributed by atoms with van der Waals surface area (Å²) in [5.41, 5.74) is 2.36. The fourth-order valence-electron chi connectivity index (χ4n) is 5.47. The minimum absolute atomic E-state index is 0.326. The van der Waals surface area contributed by atoms with Crippen molar-refractivity contribution in [1.29, 1.82) is 0 Å². The largest absolute Gasteiger partial charge is 0.444 e. The molecule has 1 fully saturated rings. The number of amides is 2. The van der Waals surface area contributed by atoms with E-state index in [4.69, 9.17) is 18.3 Å². The molecule has 1 aromatic carbocycles. The topological polar surface area (TPSA) is 98.4 Å². The van der Waals surface area contributed by atoms with Crippen LogP contribution in [0.15, 0.2) is 30.3 Å². The third-order valence-electron chi connectivity index (χ3n) is 6.69. The second-order valence-electron chi connectivity index (χ2n) is 15.2. The molecule has 1 saturated carbocycles. The van der Waals surface area contributed by atoms with Crippen LogP contribution in [0, 0.1) is 5.92 Å². The number of alkyl carbamates (subject to hydrolysis) is 1. The standard InChI is InChI=1S/C33H59N3O6Si/c1-31(2,3)39-29(37)34-27(22-25-18-14-12-15-19-25)28(41-43(10,11)42-33(7,8)9)24-36(23-26-20-16-13-17-21-26)35-30(38)40-32(4,5)6/h12,14-15,18-19,26-28H,13,16-17,20-24H2,1-11H3,(H,34,37)(H,35,38)/t27-,28-/m0/s1. The van der Waals surface area contributed by atoms with Gasteiger partial charge in [0.15, 0.2) is 0 Å². The Kier molecular flexibility index (Phi) is 13.5. The molecule has 2 N–H and O–H groups in total. The maximum absolute atomic E-state index is 13.2. The first-order valence-corrected chi connectivity index (χ1v) is 18.7. The van der Waals surface area contributed by atoms with E-state index in [1.807, 2.05) is 111 Å². The molecule has 0 aromatic heterocycles. The Morgan fingerprint density at radius 2 is 1.42 bits per heavy atom. The summed E-state index contributed by atoms with van der Waals surface area (Å²) in [5, 5.41) is 5.04. The Labute approximate surface area is 262 Å². The second kappa shape index (κ2) is 15.7. The van der Waals surface area contributed by atoms with Gasteiger partial charge in [0, 0.05) is 13.1 Å². The molecule has 2 rings (SSSR count). The molecule has 10 heteroatoms. The van der Waals surface area contributed by atoms with Gasteiger partial charge in [0.25, 0.3) is 0 Å². The highest BCUT2D eigenvalue weighted by molar-refractivity contribution is 6.64. The predicted molar refractivity (Wildman–Crippen MR) is 174 cm³/mol. The fourth-order valence-corrected chi connectivity index (χ4v) is 7.96. The second-order valence-corrected chi connectivity index (χ2v) is 18.5. The maximum atomic E-state index is 13.2. The summed E-state index contributed by atoms with van der Waals surface area (Å²) in [6.07, 6.45) is 4.77. The molecule has 0 unspecified atom stereocenters. The summed E-state index contributed by atoms with van der Waals surface area (Å²) in [4.78, 5) is 26.2. The number of rotatable bonds is 12. The van der Waals surface area contributed by atoms with Crippen LogP contribution in [-0.4, -0.2) is 67.8 Å². The summed E-state index contributed by atoms with van der Waals surface area (Å²) in [5.74, 6) is 0.437. The van der Waals surface area contributed by atoms with E-state index in [0.717, 1.165) is 18.4 Å². The van der Waals surface area contributed by atoms with E-state index >= 15 is 0 Å². The third-order valence-corrected chi connectivity index (χ3v) is 8.66. The molecule has 0 saturated heterocycles. The van der Waals surface area contributed by atoms with Crippen molar-refractivity contribution < 1.29 is 27.9 Å². The average molecular weight is 622 g/mol. The van der Waals surface area contributed by atoms with Crippen molar-refractivity contribution in [3.8, 4) is 0 Å². The van der Waals surface area contributed by atoms with Gasteiger partial charge in [-0.3, -0.25) is 5.43 Å². The number of hydrogen-bond donors (Lipinski definition) is 2. The van der Waals surface area contributed by atoms with E-state index in [1.165, 1.54) is 19.3 Å². The number of nitrogens with zero attached hydrogens (tertiary/aromatic N) is 1. The molecule has 0 radical (unpaired) electrons. The molecule has 9 nitrogen and oxygen atoms in total. The first-order valence-electron chi connectivity index (χ1n) is 15.9. The summed E-state index contributed by atoms with van der Waals surface area (Å²) in [6.45, 7) is 22.1. The number of hydrazine groups is 1. The van der Waals surface area contributed by atoms with Crippen LogP contribution in [0.5, 0.6) is 0 Å². The number of hydrogen-bond acceptors (Lipinski definition) is 7. The van der Waals surface area contributed by atoms with Gasteiger partial charge in [0.2, 0.25) is 0 Å². The minimum atomic E-state index is -2.74. The van der Waals surface area contributed by atoms with Crippen LogP contribution in [-0.2, 0) is 24.7 Å². The molecule has 1 aliphatic rings. The fraction of sp³-hybridized carbons (Fsp3) is 0.758. The number of nitrogens with one attached hydrogen (secondary N) is 2. The highest BCUT2D eigenvalue weighted by Crippen LogP contribution is 2.26. The zero-order valence-electron chi connectivity index (χ0n) is 28.7. The molecule has 0 heterocycles. The lowest BCUT2D eigenvalue weighted by atomic mass is 9.89. The van der Waals surface area contributed by atoms with Gasteiger partial charge in [-0.2, -0.15) is 0 Å². The van der Waals surface area contributed by atoms with Crippen molar-refractivity contribution in [2.75, 3.05) is 13.1 Å². The highest BCUT2D eigenvalue weighted by atomic mass is 28.4. The van der Waals surface area contributed by atoms with Gasteiger partial charge in [-0.25, -0.2) is 14.6 Å². The van der Waals surface area contributed by atoms with Gasteiger partial charge in [0.05, 0.1) is 17.7 Å². The monoisotopic (exact) mass is 621 g/mol. The summed E-state index contributed by atoms with van der Waals surface area (Å²) >= 11 is 0. The van der Waals surface area contributed by atoms with Crippen LogP contribution in [0.2, 0.25) is 13.1 Å². The van der Waals surface area contributed by atoms with Gasteiger partial charge in [-0.05, 0) is 106 Å². The van der Waals surface area contributed by atoms with E-state index in [1.54, 1.807) is 0 Å². The van der Waals surface area contributed by atoms with Crippen molar-refractivity contribution in [2.45, 2.75) is 143 Å². The quantitative estimate of drug-likeness (QED) is 0.186. The Balaban J connectivity index is 2.48. The van der Waals surface area contributed by atoms with E-state index in [-0.39, 0.29) is 0 Å². The number of carbonyl (C=O) groups excluding carboxylic acids is 2. The van der Waals surface area contributed by atoms with Crippen LogP contribution in [0.1, 0.15) is 100.0 Å². The number of benzene rings is 1. The van der Waals surface area contributed by atoms with Crippen LogP contribution in [0.25, 0.3) is 0 Å². The molecule has 0 spiro atoms. The predicted octanol–water partition coefficient (Wildman–Crippen LogP) is 7.35. The Morgan fingerprint density at radius 1 is 0.860 bits per heavy atom. The van der Waals surface area contributed by atoms with E-state index in [9.17, 15) is 9.59 Å². The Morgan fingerprint density at radius 3 is 1.95 bits per heavy atom. The lowest BCUT2D eigenvalue weighted by Crippen LogP contribution is -2.59. The SMILES string of the molecule is CC(C)(C)OC(=O)N[C@@H](Cc1ccccc1)[C@H](CN(CC1CCCCC1)NC(=O)OC(C)(C)C)O[Si](C)(C)OC(C)(C)C. The molecular formula is C33H59N3O6Si. The zero-order chi connectivity index (χ0) is 32.5. The first-order chi connectivity index (χ1) is 19.7. The smallest absolute Gasteiger partial charge is 0.422 e. The summed E-state index contributed by atoms with van der Waals surface area (Å²) in [7, 11) is -2.74.